The standard InChI is InChI=1S/C31H36O4/c1-5-7-15-25-21-26(14-6-2)28(34-30(32)23-16-10-8-11-17-23)29(27(25)20-22(3)4)35-31(33)24-18-12-9-13-19-24/h8-13,16-19,21-22H,5-7,14-15,20H2,1-4H3. The molecule has 0 atom stereocenters. The zero-order valence-corrected chi connectivity index (χ0v) is 21.3. The van der Waals surface area contributed by atoms with Gasteiger partial charge in [-0.2, -0.15) is 0 Å². The molecule has 0 spiro atoms. The van der Waals surface area contributed by atoms with E-state index in [2.05, 4.69) is 33.8 Å². The molecule has 0 unspecified atom stereocenters. The van der Waals surface area contributed by atoms with Crippen molar-refractivity contribution < 1.29 is 19.1 Å². The summed E-state index contributed by atoms with van der Waals surface area (Å²) in [4.78, 5) is 26.3. The highest BCUT2D eigenvalue weighted by Crippen LogP contribution is 2.41. The first-order valence-electron chi connectivity index (χ1n) is 12.7. The summed E-state index contributed by atoms with van der Waals surface area (Å²) >= 11 is 0. The van der Waals surface area contributed by atoms with Crippen molar-refractivity contribution in [1.29, 1.82) is 0 Å². The number of unbranched alkanes of at least 4 members (excludes halogenated alkanes) is 1. The molecule has 3 aromatic carbocycles. The average Bonchev–Trinajstić information content (AvgIpc) is 2.87. The quantitative estimate of drug-likeness (QED) is 0.213. The molecule has 3 aromatic rings. The summed E-state index contributed by atoms with van der Waals surface area (Å²) in [5, 5.41) is 0. The van der Waals surface area contributed by atoms with Gasteiger partial charge in [-0.15, -0.1) is 0 Å². The number of benzene rings is 3. The summed E-state index contributed by atoms with van der Waals surface area (Å²) in [5.74, 6) is 0.161. The molecule has 0 aliphatic heterocycles. The van der Waals surface area contributed by atoms with Gasteiger partial charge in [0.05, 0.1) is 11.1 Å². The molecule has 184 valence electrons. The number of carbonyl (C=O) groups excluding carboxylic acids is 2. The summed E-state index contributed by atoms with van der Waals surface area (Å²) in [6.45, 7) is 8.54. The van der Waals surface area contributed by atoms with Gasteiger partial charge in [0.15, 0.2) is 11.5 Å². The molecule has 0 saturated heterocycles. The van der Waals surface area contributed by atoms with Gasteiger partial charge in [0.1, 0.15) is 0 Å². The predicted molar refractivity (Wildman–Crippen MR) is 140 cm³/mol. The van der Waals surface area contributed by atoms with E-state index in [0.29, 0.717) is 35.0 Å². The van der Waals surface area contributed by atoms with Crippen LogP contribution in [0.25, 0.3) is 0 Å². The first-order chi connectivity index (χ1) is 16.9. The van der Waals surface area contributed by atoms with Crippen LogP contribution in [0.3, 0.4) is 0 Å². The summed E-state index contributed by atoms with van der Waals surface area (Å²) < 4.78 is 12.1. The molecular weight excluding hydrogens is 436 g/mol. The zero-order valence-electron chi connectivity index (χ0n) is 21.3. The third kappa shape index (κ3) is 7.05. The van der Waals surface area contributed by atoms with E-state index < -0.39 is 11.9 Å². The van der Waals surface area contributed by atoms with Gasteiger partial charge in [0.2, 0.25) is 0 Å². The fraction of sp³-hybridized carbons (Fsp3) is 0.355. The normalized spacial score (nSPS) is 10.9. The number of hydrogen-bond acceptors (Lipinski definition) is 4. The number of hydrogen-bond donors (Lipinski definition) is 0. The van der Waals surface area contributed by atoms with E-state index in [1.165, 1.54) is 5.56 Å². The monoisotopic (exact) mass is 472 g/mol. The molecule has 0 aliphatic carbocycles. The number of esters is 2. The minimum Gasteiger partial charge on any atom is -0.419 e. The minimum atomic E-state index is -0.461. The van der Waals surface area contributed by atoms with E-state index in [-0.39, 0.29) is 0 Å². The summed E-state index contributed by atoms with van der Waals surface area (Å²) in [6, 6.07) is 20.0. The van der Waals surface area contributed by atoms with Crippen LogP contribution < -0.4 is 9.47 Å². The van der Waals surface area contributed by atoms with Gasteiger partial charge >= 0.3 is 11.9 Å². The maximum Gasteiger partial charge on any atom is 0.343 e. The van der Waals surface area contributed by atoms with Crippen LogP contribution in [-0.4, -0.2) is 11.9 Å². The molecular formula is C31H36O4. The minimum absolute atomic E-state index is 0.333. The third-order valence-electron chi connectivity index (χ3n) is 5.85. The highest BCUT2D eigenvalue weighted by Gasteiger charge is 2.26. The molecule has 0 aliphatic rings. The summed E-state index contributed by atoms with van der Waals surface area (Å²) in [6.07, 6.45) is 5.30. The molecule has 3 rings (SSSR count). The van der Waals surface area contributed by atoms with Crippen molar-refractivity contribution >= 4 is 11.9 Å². The Morgan fingerprint density at radius 1 is 0.714 bits per heavy atom. The maximum atomic E-state index is 13.2. The Labute approximate surface area is 209 Å². The molecule has 0 amide bonds. The van der Waals surface area contributed by atoms with Gasteiger partial charge in [-0.05, 0) is 67.0 Å². The fourth-order valence-electron chi connectivity index (χ4n) is 4.14. The van der Waals surface area contributed by atoms with E-state index in [9.17, 15) is 9.59 Å². The molecule has 4 heteroatoms. The largest absolute Gasteiger partial charge is 0.419 e. The Balaban J connectivity index is 2.17. The number of carbonyl (C=O) groups is 2. The van der Waals surface area contributed by atoms with Crippen LogP contribution in [0.1, 0.15) is 84.4 Å². The Bertz CT molecular complexity index is 1120. The number of aryl methyl sites for hydroxylation is 2. The van der Waals surface area contributed by atoms with E-state index in [1.807, 2.05) is 24.3 Å². The van der Waals surface area contributed by atoms with Crippen LogP contribution >= 0.6 is 0 Å². The molecule has 0 saturated carbocycles. The Morgan fingerprint density at radius 3 is 1.74 bits per heavy atom. The topological polar surface area (TPSA) is 52.6 Å². The molecule has 0 N–H and O–H groups in total. The lowest BCUT2D eigenvalue weighted by Gasteiger charge is -2.22. The van der Waals surface area contributed by atoms with E-state index in [1.54, 1.807) is 36.4 Å². The Kier molecular flexibility index (Phi) is 9.66. The van der Waals surface area contributed by atoms with Gasteiger partial charge in [0.25, 0.3) is 0 Å². The fourth-order valence-corrected chi connectivity index (χ4v) is 4.14. The smallest absolute Gasteiger partial charge is 0.343 e. The molecule has 35 heavy (non-hydrogen) atoms. The van der Waals surface area contributed by atoms with Crippen LogP contribution in [0.15, 0.2) is 66.7 Å². The first-order valence-corrected chi connectivity index (χ1v) is 12.7. The second-order valence-electron chi connectivity index (χ2n) is 9.29. The highest BCUT2D eigenvalue weighted by molar-refractivity contribution is 5.93. The van der Waals surface area contributed by atoms with Gasteiger partial charge in [0, 0.05) is 5.56 Å². The molecule has 0 fully saturated rings. The predicted octanol–water partition coefficient (Wildman–Crippen LogP) is 7.62. The molecule has 0 radical (unpaired) electrons. The van der Waals surface area contributed by atoms with E-state index >= 15 is 0 Å². The lowest BCUT2D eigenvalue weighted by molar-refractivity contribution is 0.0679. The lowest BCUT2D eigenvalue weighted by atomic mass is 9.90. The second kappa shape index (κ2) is 12.9. The Hall–Kier alpha value is -3.40. The van der Waals surface area contributed by atoms with Crippen molar-refractivity contribution in [3.05, 3.63) is 94.5 Å². The van der Waals surface area contributed by atoms with Gasteiger partial charge in [-0.25, -0.2) is 9.59 Å². The summed E-state index contributed by atoms with van der Waals surface area (Å²) in [7, 11) is 0. The van der Waals surface area contributed by atoms with E-state index in [0.717, 1.165) is 43.2 Å². The number of rotatable bonds is 11. The van der Waals surface area contributed by atoms with Crippen molar-refractivity contribution in [2.45, 2.75) is 66.2 Å². The van der Waals surface area contributed by atoms with Crippen molar-refractivity contribution in [1.82, 2.24) is 0 Å². The van der Waals surface area contributed by atoms with Gasteiger partial charge < -0.3 is 9.47 Å². The maximum absolute atomic E-state index is 13.2. The van der Waals surface area contributed by atoms with Crippen LogP contribution in [-0.2, 0) is 19.3 Å². The Morgan fingerprint density at radius 2 is 1.26 bits per heavy atom. The molecule has 4 nitrogen and oxygen atoms in total. The van der Waals surface area contributed by atoms with Crippen molar-refractivity contribution in [3.8, 4) is 11.5 Å². The molecule has 0 heterocycles. The van der Waals surface area contributed by atoms with Crippen LogP contribution in [0.2, 0.25) is 0 Å². The van der Waals surface area contributed by atoms with Gasteiger partial charge in [-0.3, -0.25) is 0 Å². The van der Waals surface area contributed by atoms with Crippen molar-refractivity contribution in [2.24, 2.45) is 5.92 Å². The molecule has 0 bridgehead atoms. The SMILES string of the molecule is CCCCc1cc(CCC)c(OC(=O)c2ccccc2)c(OC(=O)c2ccccc2)c1CC(C)C. The van der Waals surface area contributed by atoms with E-state index in [4.69, 9.17) is 9.47 Å². The van der Waals surface area contributed by atoms with Crippen molar-refractivity contribution in [2.75, 3.05) is 0 Å². The zero-order chi connectivity index (χ0) is 25.2. The van der Waals surface area contributed by atoms with Crippen LogP contribution in [0.4, 0.5) is 0 Å². The lowest BCUT2D eigenvalue weighted by Crippen LogP contribution is -2.17. The average molecular weight is 473 g/mol. The van der Waals surface area contributed by atoms with Crippen LogP contribution in [0.5, 0.6) is 11.5 Å². The highest BCUT2D eigenvalue weighted by atomic mass is 16.6. The van der Waals surface area contributed by atoms with Gasteiger partial charge in [-0.1, -0.05) is 83.0 Å². The third-order valence-corrected chi connectivity index (χ3v) is 5.85. The number of ether oxygens (including phenoxy) is 2. The molecule has 0 aromatic heterocycles. The first kappa shape index (κ1) is 26.2. The van der Waals surface area contributed by atoms with Crippen molar-refractivity contribution in [3.63, 3.8) is 0 Å². The second-order valence-corrected chi connectivity index (χ2v) is 9.29. The summed E-state index contributed by atoms with van der Waals surface area (Å²) in [5.41, 5.74) is 3.93. The van der Waals surface area contributed by atoms with Crippen LogP contribution in [0, 0.1) is 5.92 Å².